The Kier molecular flexibility index (Phi) is 6.87. The van der Waals surface area contributed by atoms with E-state index >= 15 is 0 Å². The van der Waals surface area contributed by atoms with Gasteiger partial charge in [-0.15, -0.1) is 0 Å². The normalized spacial score (nSPS) is 12.5. The van der Waals surface area contributed by atoms with Gasteiger partial charge in [-0.25, -0.2) is 4.21 Å². The first kappa shape index (κ1) is 11.5. The Balaban J connectivity index is 3.28. The minimum absolute atomic E-state index is 0.196. The van der Waals surface area contributed by atoms with Crippen LogP contribution in [-0.2, 0) is 20.9 Å². The Bertz CT molecular complexity index is 164. The van der Waals surface area contributed by atoms with Gasteiger partial charge in [-0.1, -0.05) is 0 Å². The van der Waals surface area contributed by atoms with Crippen LogP contribution in [0.3, 0.4) is 0 Å². The maximum Gasteiger partial charge on any atom is 0.326 e. The molecule has 0 radical (unpaired) electrons. The molecule has 12 heavy (non-hydrogen) atoms. The number of hydrogen-bond donors (Lipinski definition) is 3. The quantitative estimate of drug-likeness (QED) is 0.296. The van der Waals surface area contributed by atoms with Crippen molar-refractivity contribution in [2.75, 3.05) is 6.54 Å². The summed E-state index contributed by atoms with van der Waals surface area (Å²) >= 11 is -2.31. The minimum atomic E-state index is -2.31. The summed E-state index contributed by atoms with van der Waals surface area (Å²) in [5, 5.41) is 0. The molecule has 4 N–H and O–H groups in total. The molecule has 0 aliphatic heterocycles. The second-order valence-electron chi connectivity index (χ2n) is 2.05. The molecular formula is C5H12N2O4S. The Morgan fingerprint density at radius 3 is 2.75 bits per heavy atom. The average Bonchev–Trinajstić information content (AvgIpc) is 2.01. The minimum Gasteiger partial charge on any atom is -0.356 e. The Morgan fingerprint density at radius 2 is 2.25 bits per heavy atom. The average molecular weight is 196 g/mol. The fraction of sp³-hybridized carbons (Fsp3) is 0.800. The van der Waals surface area contributed by atoms with E-state index in [-0.39, 0.29) is 6.42 Å². The second kappa shape index (κ2) is 7.17. The highest BCUT2D eigenvalue weighted by atomic mass is 32.2. The van der Waals surface area contributed by atoms with E-state index in [1.54, 1.807) is 4.89 Å². The highest BCUT2D eigenvalue weighted by Crippen LogP contribution is 1.94. The van der Waals surface area contributed by atoms with E-state index in [1.165, 1.54) is 0 Å². The smallest absolute Gasteiger partial charge is 0.326 e. The van der Waals surface area contributed by atoms with Crippen LogP contribution in [0.2, 0.25) is 0 Å². The molecule has 7 heteroatoms. The van der Waals surface area contributed by atoms with Gasteiger partial charge in [0.25, 0.3) is 11.3 Å². The topological polar surface area (TPSA) is 102 Å². The third kappa shape index (κ3) is 7.61. The number of nitrogens with two attached hydrogens (primary N) is 1. The first-order chi connectivity index (χ1) is 5.66. The molecule has 6 nitrogen and oxygen atoms in total. The number of carbonyl (C=O) groups excluding carboxylic acids is 1. The molecule has 0 aliphatic rings. The molecular weight excluding hydrogens is 184 g/mol. The van der Waals surface area contributed by atoms with Crippen LogP contribution < -0.4 is 10.6 Å². The van der Waals surface area contributed by atoms with Crippen molar-refractivity contribution in [1.29, 1.82) is 0 Å². The van der Waals surface area contributed by atoms with Crippen LogP contribution in [-0.4, -0.2) is 21.3 Å². The molecule has 0 aromatic heterocycles. The van der Waals surface area contributed by atoms with Crippen LogP contribution in [0.15, 0.2) is 0 Å². The van der Waals surface area contributed by atoms with E-state index in [0.717, 1.165) is 6.42 Å². The molecule has 0 aromatic carbocycles. The van der Waals surface area contributed by atoms with Gasteiger partial charge in [0.2, 0.25) is 0 Å². The standard InChI is InChI=1S/C5H12N2O4S/c6-4-2-1-3-5(8)11-7-12(9)10/h7H,1-4,6H2,(H,9,10). The van der Waals surface area contributed by atoms with Gasteiger partial charge in [0.05, 0.1) is 0 Å². The SMILES string of the molecule is NCCCCC(=O)ONS(=O)O. The molecule has 1 unspecified atom stereocenters. The molecule has 0 heterocycles. The van der Waals surface area contributed by atoms with Crippen LogP contribution in [0.5, 0.6) is 0 Å². The van der Waals surface area contributed by atoms with E-state index in [2.05, 4.69) is 4.84 Å². The first-order valence-corrected chi connectivity index (χ1v) is 4.53. The fourth-order valence-corrected chi connectivity index (χ4v) is 0.711. The molecule has 1 atom stereocenters. The van der Waals surface area contributed by atoms with E-state index in [0.29, 0.717) is 13.0 Å². The summed E-state index contributed by atoms with van der Waals surface area (Å²) in [4.78, 5) is 16.4. The predicted molar refractivity (Wildman–Crippen MR) is 42.9 cm³/mol. The van der Waals surface area contributed by atoms with E-state index in [4.69, 9.17) is 10.3 Å². The van der Waals surface area contributed by atoms with Crippen molar-refractivity contribution in [1.82, 2.24) is 4.89 Å². The third-order valence-corrected chi connectivity index (χ3v) is 1.29. The fourth-order valence-electron chi connectivity index (χ4n) is 0.547. The van der Waals surface area contributed by atoms with Crippen molar-refractivity contribution in [3.63, 3.8) is 0 Å². The van der Waals surface area contributed by atoms with Gasteiger partial charge in [0, 0.05) is 6.42 Å². The van der Waals surface area contributed by atoms with Gasteiger partial charge in [-0.05, 0) is 24.3 Å². The van der Waals surface area contributed by atoms with Crippen molar-refractivity contribution in [3.8, 4) is 0 Å². The number of carbonyl (C=O) groups is 1. The molecule has 0 saturated carbocycles. The summed E-state index contributed by atoms with van der Waals surface area (Å²) in [6, 6.07) is 0. The van der Waals surface area contributed by atoms with Crippen molar-refractivity contribution >= 4 is 17.2 Å². The Morgan fingerprint density at radius 1 is 1.58 bits per heavy atom. The predicted octanol–water partition coefficient (Wildman–Crippen LogP) is -0.700. The zero-order valence-electron chi connectivity index (χ0n) is 6.49. The number of rotatable bonds is 6. The summed E-state index contributed by atoms with van der Waals surface area (Å²) in [5.74, 6) is -0.564. The maximum atomic E-state index is 10.7. The number of hydrogen-bond acceptors (Lipinski definition) is 4. The molecule has 0 aliphatic carbocycles. The molecule has 0 amide bonds. The lowest BCUT2D eigenvalue weighted by Crippen LogP contribution is -2.21. The van der Waals surface area contributed by atoms with E-state index in [1.807, 2.05) is 0 Å². The zero-order valence-corrected chi connectivity index (χ0v) is 7.30. The summed E-state index contributed by atoms with van der Waals surface area (Å²) in [6.45, 7) is 0.520. The molecule has 72 valence electrons. The maximum absolute atomic E-state index is 10.7. The van der Waals surface area contributed by atoms with Gasteiger partial charge in [-0.3, -0.25) is 9.35 Å². The summed E-state index contributed by atoms with van der Waals surface area (Å²) in [6.07, 6.45) is 1.55. The van der Waals surface area contributed by atoms with Gasteiger partial charge in [-0.2, -0.15) is 0 Å². The summed E-state index contributed by atoms with van der Waals surface area (Å²) < 4.78 is 18.1. The molecule has 0 aromatic rings. The molecule has 0 rings (SSSR count). The van der Waals surface area contributed by atoms with Gasteiger partial charge >= 0.3 is 5.97 Å². The highest BCUT2D eigenvalue weighted by Gasteiger charge is 2.02. The van der Waals surface area contributed by atoms with E-state index in [9.17, 15) is 9.00 Å². The van der Waals surface area contributed by atoms with Crippen LogP contribution in [0.4, 0.5) is 0 Å². The molecule has 0 bridgehead atoms. The lowest BCUT2D eigenvalue weighted by molar-refractivity contribution is -0.147. The largest absolute Gasteiger partial charge is 0.356 e. The lowest BCUT2D eigenvalue weighted by Gasteiger charge is -2.00. The van der Waals surface area contributed by atoms with Gasteiger partial charge in [0.15, 0.2) is 0 Å². The van der Waals surface area contributed by atoms with Crippen molar-refractivity contribution in [3.05, 3.63) is 0 Å². The molecule has 0 fully saturated rings. The van der Waals surface area contributed by atoms with Crippen LogP contribution >= 0.6 is 0 Å². The second-order valence-corrected chi connectivity index (χ2v) is 2.72. The van der Waals surface area contributed by atoms with Crippen LogP contribution in [0.1, 0.15) is 19.3 Å². The number of unbranched alkanes of at least 4 members (excludes halogenated alkanes) is 1. The molecule has 0 saturated heterocycles. The Hall–Kier alpha value is -0.500. The molecule has 0 spiro atoms. The third-order valence-electron chi connectivity index (χ3n) is 1.06. The van der Waals surface area contributed by atoms with Gasteiger partial charge < -0.3 is 10.6 Å². The monoisotopic (exact) mass is 196 g/mol. The highest BCUT2D eigenvalue weighted by molar-refractivity contribution is 7.76. The van der Waals surface area contributed by atoms with Crippen molar-refractivity contribution < 1.29 is 18.4 Å². The lowest BCUT2D eigenvalue weighted by atomic mass is 10.2. The number of nitrogens with one attached hydrogen (secondary N) is 1. The zero-order chi connectivity index (χ0) is 9.40. The van der Waals surface area contributed by atoms with Crippen LogP contribution in [0.25, 0.3) is 0 Å². The summed E-state index contributed by atoms with van der Waals surface area (Å²) in [7, 11) is 0. The van der Waals surface area contributed by atoms with Crippen molar-refractivity contribution in [2.45, 2.75) is 19.3 Å². The first-order valence-electron chi connectivity index (χ1n) is 3.43. The van der Waals surface area contributed by atoms with Crippen molar-refractivity contribution in [2.24, 2.45) is 5.73 Å². The Labute approximate surface area is 72.8 Å². The summed E-state index contributed by atoms with van der Waals surface area (Å²) in [5.41, 5.74) is 5.18. The van der Waals surface area contributed by atoms with Gasteiger partial charge in [0.1, 0.15) is 0 Å². The van der Waals surface area contributed by atoms with Crippen LogP contribution in [0, 0.1) is 0 Å². The van der Waals surface area contributed by atoms with E-state index < -0.39 is 17.2 Å².